The van der Waals surface area contributed by atoms with Gasteiger partial charge in [0.15, 0.2) is 0 Å². The number of halogens is 1. The summed E-state index contributed by atoms with van der Waals surface area (Å²) in [6.07, 6.45) is 8.25. The topological polar surface area (TPSA) is 75.0 Å². The smallest absolute Gasteiger partial charge is 0.225 e. The fourth-order valence-corrected chi connectivity index (χ4v) is 3.96. The highest BCUT2D eigenvalue weighted by Crippen LogP contribution is 2.25. The fraction of sp³-hybridized carbons (Fsp3) is 0.545. The van der Waals surface area contributed by atoms with E-state index in [1.165, 1.54) is 5.69 Å². The molecule has 1 fully saturated rings. The number of carbonyl (C=O) groups excluding carboxylic acids is 1. The minimum atomic E-state index is 0. The minimum Gasteiger partial charge on any atom is -0.346 e. The third-order valence-electron chi connectivity index (χ3n) is 5.58. The molecule has 0 radical (unpaired) electrons. The first-order valence-corrected chi connectivity index (χ1v) is 10.2. The molecule has 0 spiro atoms. The van der Waals surface area contributed by atoms with E-state index in [1.807, 2.05) is 30.1 Å². The lowest BCUT2D eigenvalue weighted by molar-refractivity contribution is -0.135. The highest BCUT2D eigenvalue weighted by atomic mass is 35.5. The Balaban J connectivity index is 0.00000280. The van der Waals surface area contributed by atoms with Crippen LogP contribution in [0.3, 0.4) is 0 Å². The quantitative estimate of drug-likeness (QED) is 0.648. The molecule has 154 valence electrons. The lowest BCUT2D eigenvalue weighted by Gasteiger charge is -2.29. The third-order valence-corrected chi connectivity index (χ3v) is 5.58. The molecule has 1 aliphatic carbocycles. The monoisotopic (exact) mass is 404 g/mol. The minimum absolute atomic E-state index is 0. The van der Waals surface area contributed by atoms with E-state index in [9.17, 15) is 4.79 Å². The molecule has 0 saturated heterocycles. The summed E-state index contributed by atoms with van der Waals surface area (Å²) >= 11 is 0. The molecule has 1 aliphatic rings. The van der Waals surface area contributed by atoms with Crippen molar-refractivity contribution >= 4 is 18.3 Å². The third kappa shape index (κ3) is 6.35. The van der Waals surface area contributed by atoms with Crippen LogP contribution in [0.4, 0.5) is 0 Å². The first-order chi connectivity index (χ1) is 13.1. The van der Waals surface area contributed by atoms with Gasteiger partial charge in [-0.15, -0.1) is 12.4 Å². The lowest BCUT2D eigenvalue weighted by atomic mass is 9.85. The van der Waals surface area contributed by atoms with E-state index in [4.69, 9.17) is 5.73 Å². The molecule has 0 bridgehead atoms. The van der Waals surface area contributed by atoms with Crippen molar-refractivity contribution in [2.24, 2.45) is 11.7 Å². The van der Waals surface area contributed by atoms with Crippen LogP contribution in [0.2, 0.25) is 0 Å². The van der Waals surface area contributed by atoms with Crippen molar-refractivity contribution in [2.75, 3.05) is 13.6 Å². The second kappa shape index (κ2) is 11.2. The highest BCUT2D eigenvalue weighted by molar-refractivity contribution is 5.85. The number of benzene rings is 1. The number of carbonyl (C=O) groups is 1. The number of unbranched alkanes of at least 4 members (excludes halogenated alkanes) is 2. The molecule has 28 heavy (non-hydrogen) atoms. The second-order valence-corrected chi connectivity index (χ2v) is 7.84. The van der Waals surface area contributed by atoms with E-state index in [-0.39, 0.29) is 30.3 Å². The van der Waals surface area contributed by atoms with E-state index < -0.39 is 0 Å². The predicted octanol–water partition coefficient (Wildman–Crippen LogP) is 4.19. The maximum absolute atomic E-state index is 12.5. The molecule has 1 aromatic heterocycles. The lowest BCUT2D eigenvalue weighted by Crippen LogP contribution is -2.39. The number of aromatic amines is 1. The van der Waals surface area contributed by atoms with Gasteiger partial charge in [-0.3, -0.25) is 9.89 Å². The number of nitrogens with zero attached hydrogens (tertiary/aromatic N) is 2. The zero-order valence-electron chi connectivity index (χ0n) is 16.8. The SMILES string of the molecule is CN(CCCCCc1cc(-c2ccccc2)n[nH]1)C(=O)C1CCCC(N)C1.Cl. The summed E-state index contributed by atoms with van der Waals surface area (Å²) in [6, 6.07) is 12.6. The Morgan fingerprint density at radius 1 is 1.21 bits per heavy atom. The fourth-order valence-electron chi connectivity index (χ4n) is 3.96. The molecule has 0 aliphatic heterocycles. The van der Waals surface area contributed by atoms with Gasteiger partial charge in [-0.05, 0) is 44.6 Å². The van der Waals surface area contributed by atoms with Crippen LogP contribution in [0.25, 0.3) is 11.3 Å². The zero-order valence-corrected chi connectivity index (χ0v) is 17.6. The average Bonchev–Trinajstić information content (AvgIpc) is 3.16. The maximum Gasteiger partial charge on any atom is 0.225 e. The van der Waals surface area contributed by atoms with E-state index in [0.717, 1.165) is 69.2 Å². The van der Waals surface area contributed by atoms with Crippen molar-refractivity contribution in [3.05, 3.63) is 42.1 Å². The molecule has 1 aromatic carbocycles. The Kier molecular flexibility index (Phi) is 9.00. The molecule has 1 saturated carbocycles. The summed E-state index contributed by atoms with van der Waals surface area (Å²) in [5.74, 6) is 0.423. The van der Waals surface area contributed by atoms with Gasteiger partial charge in [0.05, 0.1) is 5.69 Å². The van der Waals surface area contributed by atoms with Crippen LogP contribution in [-0.2, 0) is 11.2 Å². The summed E-state index contributed by atoms with van der Waals surface area (Å²) in [7, 11) is 1.93. The predicted molar refractivity (Wildman–Crippen MR) is 116 cm³/mol. The molecule has 2 aromatic rings. The molecule has 1 amide bonds. The summed E-state index contributed by atoms with van der Waals surface area (Å²) in [5, 5.41) is 7.55. The van der Waals surface area contributed by atoms with Crippen LogP contribution in [0.1, 0.15) is 50.6 Å². The molecular weight excluding hydrogens is 372 g/mol. The number of H-pyrrole nitrogens is 1. The van der Waals surface area contributed by atoms with Gasteiger partial charge >= 0.3 is 0 Å². The van der Waals surface area contributed by atoms with Crippen LogP contribution in [0.5, 0.6) is 0 Å². The Bertz CT molecular complexity index is 718. The normalized spacial score (nSPS) is 19.1. The summed E-state index contributed by atoms with van der Waals surface area (Å²) in [5.41, 5.74) is 9.34. The van der Waals surface area contributed by atoms with Crippen LogP contribution < -0.4 is 5.73 Å². The molecular formula is C22H33ClN4O. The molecule has 5 nitrogen and oxygen atoms in total. The number of hydrogen-bond donors (Lipinski definition) is 2. The Morgan fingerprint density at radius 3 is 2.75 bits per heavy atom. The Hall–Kier alpha value is -1.85. The van der Waals surface area contributed by atoms with Crippen LogP contribution in [0, 0.1) is 5.92 Å². The molecule has 2 unspecified atom stereocenters. The van der Waals surface area contributed by atoms with Crippen LogP contribution in [-0.4, -0.2) is 40.6 Å². The van der Waals surface area contributed by atoms with Crippen molar-refractivity contribution in [3.8, 4) is 11.3 Å². The molecule has 6 heteroatoms. The zero-order chi connectivity index (χ0) is 19.1. The van der Waals surface area contributed by atoms with Crippen LogP contribution >= 0.6 is 12.4 Å². The van der Waals surface area contributed by atoms with Crippen molar-refractivity contribution < 1.29 is 4.79 Å². The maximum atomic E-state index is 12.5. The number of amides is 1. The summed E-state index contributed by atoms with van der Waals surface area (Å²) in [6.45, 7) is 0.836. The van der Waals surface area contributed by atoms with Gasteiger partial charge in [0.25, 0.3) is 0 Å². The van der Waals surface area contributed by atoms with Gasteiger partial charge < -0.3 is 10.6 Å². The Labute approximate surface area is 174 Å². The molecule has 2 atom stereocenters. The van der Waals surface area contributed by atoms with Gasteiger partial charge in [-0.1, -0.05) is 43.2 Å². The first kappa shape index (κ1) is 22.4. The molecule has 1 heterocycles. The van der Waals surface area contributed by atoms with E-state index in [0.29, 0.717) is 0 Å². The number of aromatic nitrogens is 2. The largest absolute Gasteiger partial charge is 0.346 e. The van der Waals surface area contributed by atoms with Gasteiger partial charge in [0.2, 0.25) is 5.91 Å². The van der Waals surface area contributed by atoms with Gasteiger partial charge in [-0.25, -0.2) is 0 Å². The van der Waals surface area contributed by atoms with Crippen molar-refractivity contribution in [1.29, 1.82) is 0 Å². The van der Waals surface area contributed by atoms with Gasteiger partial charge in [-0.2, -0.15) is 5.10 Å². The van der Waals surface area contributed by atoms with E-state index in [1.54, 1.807) is 0 Å². The van der Waals surface area contributed by atoms with Gasteiger partial charge in [0, 0.05) is 36.8 Å². The first-order valence-electron chi connectivity index (χ1n) is 10.2. The van der Waals surface area contributed by atoms with Crippen molar-refractivity contribution in [1.82, 2.24) is 15.1 Å². The van der Waals surface area contributed by atoms with Crippen molar-refractivity contribution in [2.45, 2.75) is 57.4 Å². The standard InChI is InChI=1S/C22H32N4O.ClH/c1-26(22(27)18-11-8-12-19(23)15-18)14-7-3-6-13-20-16-21(25-24-20)17-9-4-2-5-10-17;/h2,4-5,9-10,16,18-19H,3,6-8,11-15,23H2,1H3,(H,24,25);1H. The molecule has 3 N–H and O–H groups in total. The van der Waals surface area contributed by atoms with E-state index >= 15 is 0 Å². The van der Waals surface area contributed by atoms with Gasteiger partial charge in [0.1, 0.15) is 0 Å². The van der Waals surface area contributed by atoms with Crippen LogP contribution in [0.15, 0.2) is 36.4 Å². The number of nitrogens with one attached hydrogen (secondary N) is 1. The number of rotatable bonds is 8. The van der Waals surface area contributed by atoms with E-state index in [2.05, 4.69) is 28.4 Å². The molecule has 3 rings (SSSR count). The average molecular weight is 405 g/mol. The summed E-state index contributed by atoms with van der Waals surface area (Å²) in [4.78, 5) is 14.4. The summed E-state index contributed by atoms with van der Waals surface area (Å²) < 4.78 is 0. The number of hydrogen-bond acceptors (Lipinski definition) is 3. The Morgan fingerprint density at radius 2 is 2.00 bits per heavy atom. The number of aryl methyl sites for hydroxylation is 1. The number of nitrogens with two attached hydrogens (primary N) is 1. The van der Waals surface area contributed by atoms with Crippen molar-refractivity contribution in [3.63, 3.8) is 0 Å². The second-order valence-electron chi connectivity index (χ2n) is 7.84. The highest BCUT2D eigenvalue weighted by Gasteiger charge is 2.27.